The van der Waals surface area contributed by atoms with Gasteiger partial charge >= 0.3 is 5.97 Å². The van der Waals surface area contributed by atoms with Crippen molar-refractivity contribution >= 4 is 5.97 Å². The summed E-state index contributed by atoms with van der Waals surface area (Å²) in [6.07, 6.45) is 39.2. The Morgan fingerprint density at radius 1 is 0.400 bits per heavy atom. The fourth-order valence-electron chi connectivity index (χ4n) is 6.13. The van der Waals surface area contributed by atoms with Crippen molar-refractivity contribution in [2.24, 2.45) is 11.8 Å². The molecule has 0 aliphatic carbocycles. The van der Waals surface area contributed by atoms with E-state index in [0.717, 1.165) is 12.8 Å². The van der Waals surface area contributed by atoms with Crippen molar-refractivity contribution in [3.63, 3.8) is 0 Å². The number of hydrogen-bond donors (Lipinski definition) is 0. The molecule has 0 saturated heterocycles. The summed E-state index contributed by atoms with van der Waals surface area (Å²) in [7, 11) is 0. The summed E-state index contributed by atoms with van der Waals surface area (Å²) in [6.45, 7) is 9.82. The smallest absolute Gasteiger partial charge is 0.308 e. The summed E-state index contributed by atoms with van der Waals surface area (Å²) < 4.78 is 6.14. The molecule has 0 radical (unpaired) electrons. The Morgan fingerprint density at radius 2 is 0.675 bits per heavy atom. The van der Waals surface area contributed by atoms with Crippen LogP contribution in [0.3, 0.4) is 0 Å². The van der Waals surface area contributed by atoms with Crippen molar-refractivity contribution in [1.29, 1.82) is 0 Å². The highest BCUT2D eigenvalue weighted by Gasteiger charge is 2.21. The summed E-state index contributed by atoms with van der Waals surface area (Å²) in [5, 5.41) is 0. The second-order valence-corrected chi connectivity index (χ2v) is 13.1. The average Bonchev–Trinajstić information content (AvgIpc) is 2.96. The molecule has 0 N–H and O–H groups in total. The molecule has 0 aromatic rings. The largest absolute Gasteiger partial charge is 0.465 e. The minimum Gasteiger partial charge on any atom is -0.465 e. The molecule has 0 aromatic heterocycles. The molecule has 0 spiro atoms. The molecular formula is C38H76O2. The molecule has 0 rings (SSSR count). The van der Waals surface area contributed by atoms with E-state index in [2.05, 4.69) is 27.7 Å². The third-order valence-corrected chi connectivity index (χ3v) is 9.04. The van der Waals surface area contributed by atoms with Crippen LogP contribution in [0.15, 0.2) is 0 Å². The predicted molar refractivity (Wildman–Crippen MR) is 179 cm³/mol. The van der Waals surface area contributed by atoms with Crippen LogP contribution in [0.5, 0.6) is 0 Å². The lowest BCUT2D eigenvalue weighted by Gasteiger charge is -2.21. The third kappa shape index (κ3) is 27.6. The van der Waals surface area contributed by atoms with Gasteiger partial charge in [0.1, 0.15) is 0 Å². The number of ether oxygens (including phenoxy) is 1. The molecule has 2 heteroatoms. The van der Waals surface area contributed by atoms with E-state index in [1.54, 1.807) is 0 Å². The van der Waals surface area contributed by atoms with Gasteiger partial charge in [-0.3, -0.25) is 4.79 Å². The van der Waals surface area contributed by atoms with Crippen LogP contribution >= 0.6 is 0 Å². The van der Waals surface area contributed by atoms with Crippen LogP contribution in [0.25, 0.3) is 0 Å². The Hall–Kier alpha value is -0.530. The zero-order valence-electron chi connectivity index (χ0n) is 28.4. The van der Waals surface area contributed by atoms with Gasteiger partial charge in [-0.2, -0.15) is 0 Å². The lowest BCUT2D eigenvalue weighted by Crippen LogP contribution is -2.22. The second kappa shape index (κ2) is 33.0. The summed E-state index contributed by atoms with van der Waals surface area (Å²) in [4.78, 5) is 13.3. The standard InChI is InChI=1S/C38H76O2/c1-5-9-13-17-21-22-24-28-32-36(31-27-23-18-14-10-6-2)35-40-38(39)37(33-29-25-19-15-11-7-3)34-30-26-20-16-12-8-4/h36-37H,5-35H2,1-4H3. The molecule has 1 atom stereocenters. The van der Waals surface area contributed by atoms with Crippen molar-refractivity contribution in [3.8, 4) is 0 Å². The molecule has 0 aromatic carbocycles. The molecule has 0 fully saturated rings. The molecule has 0 saturated carbocycles. The van der Waals surface area contributed by atoms with Gasteiger partial charge in [0, 0.05) is 0 Å². The van der Waals surface area contributed by atoms with Gasteiger partial charge in [0.25, 0.3) is 0 Å². The zero-order valence-corrected chi connectivity index (χ0v) is 28.4. The highest BCUT2D eigenvalue weighted by atomic mass is 16.5. The molecule has 0 amide bonds. The zero-order chi connectivity index (χ0) is 29.4. The quantitative estimate of drug-likeness (QED) is 0.0585. The Morgan fingerprint density at radius 3 is 1.00 bits per heavy atom. The number of carbonyl (C=O) groups excluding carboxylic acids is 1. The van der Waals surface area contributed by atoms with Crippen LogP contribution in [0.2, 0.25) is 0 Å². The van der Waals surface area contributed by atoms with Crippen molar-refractivity contribution in [2.75, 3.05) is 6.61 Å². The van der Waals surface area contributed by atoms with E-state index >= 15 is 0 Å². The number of rotatable bonds is 33. The molecule has 240 valence electrons. The Bertz CT molecular complexity index is 472. The first-order valence-corrected chi connectivity index (χ1v) is 18.9. The third-order valence-electron chi connectivity index (χ3n) is 9.04. The van der Waals surface area contributed by atoms with Crippen molar-refractivity contribution in [2.45, 2.75) is 220 Å². The highest BCUT2D eigenvalue weighted by Crippen LogP contribution is 2.24. The molecule has 1 unspecified atom stereocenters. The minimum absolute atomic E-state index is 0.131. The first kappa shape index (κ1) is 39.5. The first-order valence-electron chi connectivity index (χ1n) is 18.9. The lowest BCUT2D eigenvalue weighted by molar-refractivity contribution is -0.150. The molecule has 0 aliphatic heterocycles. The van der Waals surface area contributed by atoms with Gasteiger partial charge in [-0.05, 0) is 31.6 Å². The molecule has 40 heavy (non-hydrogen) atoms. The topological polar surface area (TPSA) is 26.3 Å². The van der Waals surface area contributed by atoms with Crippen LogP contribution in [0.1, 0.15) is 220 Å². The molecule has 0 bridgehead atoms. The average molecular weight is 565 g/mol. The molecule has 0 aliphatic rings. The van der Waals surface area contributed by atoms with E-state index < -0.39 is 0 Å². The maximum Gasteiger partial charge on any atom is 0.308 e. The Kier molecular flexibility index (Phi) is 32.5. The summed E-state index contributed by atoms with van der Waals surface area (Å²) in [5.74, 6) is 0.833. The number of carbonyl (C=O) groups is 1. The van der Waals surface area contributed by atoms with Gasteiger partial charge in [-0.1, -0.05) is 195 Å². The van der Waals surface area contributed by atoms with E-state index in [4.69, 9.17) is 4.74 Å². The van der Waals surface area contributed by atoms with Gasteiger partial charge in [-0.15, -0.1) is 0 Å². The Labute approximate surface area is 254 Å². The van der Waals surface area contributed by atoms with Crippen LogP contribution in [0, 0.1) is 11.8 Å². The fourth-order valence-corrected chi connectivity index (χ4v) is 6.13. The summed E-state index contributed by atoms with van der Waals surface area (Å²) >= 11 is 0. The van der Waals surface area contributed by atoms with E-state index in [1.807, 2.05) is 0 Å². The number of esters is 1. The maximum atomic E-state index is 13.3. The summed E-state index contributed by atoms with van der Waals surface area (Å²) in [6, 6.07) is 0. The minimum atomic E-state index is 0.131. The van der Waals surface area contributed by atoms with Crippen molar-refractivity contribution < 1.29 is 9.53 Å². The monoisotopic (exact) mass is 565 g/mol. The second-order valence-electron chi connectivity index (χ2n) is 13.1. The van der Waals surface area contributed by atoms with E-state index in [1.165, 1.54) is 180 Å². The van der Waals surface area contributed by atoms with Crippen LogP contribution < -0.4 is 0 Å². The lowest BCUT2D eigenvalue weighted by atomic mass is 9.93. The Balaban J connectivity index is 4.64. The van der Waals surface area contributed by atoms with Crippen molar-refractivity contribution in [3.05, 3.63) is 0 Å². The first-order chi connectivity index (χ1) is 19.7. The highest BCUT2D eigenvalue weighted by molar-refractivity contribution is 5.72. The number of hydrogen-bond acceptors (Lipinski definition) is 2. The van der Waals surface area contributed by atoms with E-state index in [9.17, 15) is 4.79 Å². The molecule has 0 heterocycles. The fraction of sp³-hybridized carbons (Fsp3) is 0.974. The van der Waals surface area contributed by atoms with Crippen molar-refractivity contribution in [1.82, 2.24) is 0 Å². The summed E-state index contributed by atoms with van der Waals surface area (Å²) in [5.41, 5.74) is 0. The van der Waals surface area contributed by atoms with Gasteiger partial charge in [0.2, 0.25) is 0 Å². The van der Waals surface area contributed by atoms with E-state index in [0.29, 0.717) is 12.5 Å². The van der Waals surface area contributed by atoms with Gasteiger partial charge < -0.3 is 4.74 Å². The maximum absolute atomic E-state index is 13.3. The normalized spacial score (nSPS) is 12.3. The van der Waals surface area contributed by atoms with Gasteiger partial charge in [0.15, 0.2) is 0 Å². The number of unbranched alkanes of at least 4 members (excludes halogenated alkanes) is 22. The molecule has 2 nitrogen and oxygen atoms in total. The van der Waals surface area contributed by atoms with E-state index in [-0.39, 0.29) is 11.9 Å². The van der Waals surface area contributed by atoms with Gasteiger partial charge in [0.05, 0.1) is 12.5 Å². The van der Waals surface area contributed by atoms with Gasteiger partial charge in [-0.25, -0.2) is 0 Å². The SMILES string of the molecule is CCCCCCCCCCC(CCCCCCCC)COC(=O)C(CCCCCCCC)CCCCCCCC. The van der Waals surface area contributed by atoms with Crippen LogP contribution in [0.4, 0.5) is 0 Å². The molecular weight excluding hydrogens is 488 g/mol. The predicted octanol–water partition coefficient (Wildman–Crippen LogP) is 13.5. The van der Waals surface area contributed by atoms with Crippen LogP contribution in [-0.2, 0) is 9.53 Å². The van der Waals surface area contributed by atoms with Crippen LogP contribution in [-0.4, -0.2) is 12.6 Å².